The van der Waals surface area contributed by atoms with Gasteiger partial charge in [0.15, 0.2) is 0 Å². The number of halogens is 4. The van der Waals surface area contributed by atoms with E-state index in [4.69, 9.17) is 16.3 Å². The number of methoxy groups -OCH3 is 1. The molecule has 0 radical (unpaired) electrons. The van der Waals surface area contributed by atoms with Gasteiger partial charge >= 0.3 is 12.1 Å². The molecule has 0 atom stereocenters. The second-order valence-electron chi connectivity index (χ2n) is 7.16. The number of thiophene rings is 1. The fraction of sp³-hybridized carbons (Fsp3) is 0.136. The summed E-state index contributed by atoms with van der Waals surface area (Å²) in [5.41, 5.74) is -1.58. The summed E-state index contributed by atoms with van der Waals surface area (Å²) >= 11 is 6.63. The average molecular weight is 542 g/mol. The smallest absolute Gasteiger partial charge is 0.416 e. The largest absolute Gasteiger partial charge is 0.465 e. The molecule has 3 rings (SSSR count). The predicted molar refractivity (Wildman–Crippen MR) is 126 cm³/mol. The Morgan fingerprint density at radius 2 is 1.69 bits per heavy atom. The van der Waals surface area contributed by atoms with Crippen LogP contribution in [-0.4, -0.2) is 29.8 Å². The van der Waals surface area contributed by atoms with E-state index < -0.39 is 34.4 Å². The average Bonchev–Trinajstić information content (AvgIpc) is 3.14. The van der Waals surface area contributed by atoms with Crippen molar-refractivity contribution in [3.63, 3.8) is 0 Å². The number of amides is 2. The second-order valence-corrected chi connectivity index (χ2v) is 8.58. The molecule has 14 heteroatoms. The highest BCUT2D eigenvalue weighted by Gasteiger charge is 2.32. The number of rotatable bonds is 6. The minimum absolute atomic E-state index is 0.0317. The van der Waals surface area contributed by atoms with E-state index in [0.29, 0.717) is 17.4 Å². The molecule has 2 amide bonds. The number of nitrogens with zero attached hydrogens (tertiary/aromatic N) is 1. The topological polar surface area (TPSA) is 128 Å². The van der Waals surface area contributed by atoms with Gasteiger partial charge in [-0.2, -0.15) is 13.2 Å². The number of ether oxygens (including phenoxy) is 1. The number of carbonyl (C=O) groups is 3. The number of anilines is 2. The molecule has 0 fully saturated rings. The molecule has 9 nitrogen and oxygen atoms in total. The van der Waals surface area contributed by atoms with Gasteiger partial charge in [0.05, 0.1) is 38.7 Å². The van der Waals surface area contributed by atoms with E-state index in [1.54, 1.807) is 0 Å². The van der Waals surface area contributed by atoms with E-state index in [1.807, 2.05) is 0 Å². The lowest BCUT2D eigenvalue weighted by molar-refractivity contribution is -0.384. The zero-order valence-corrected chi connectivity index (χ0v) is 19.9. The van der Waals surface area contributed by atoms with Crippen molar-refractivity contribution in [1.29, 1.82) is 0 Å². The Labute approximate surface area is 210 Å². The predicted octanol–water partition coefficient (Wildman–Crippen LogP) is 5.93. The highest BCUT2D eigenvalue weighted by atomic mass is 35.5. The van der Waals surface area contributed by atoms with Crippen LogP contribution in [0, 0.1) is 17.0 Å². The first kappa shape index (κ1) is 26.6. The third kappa shape index (κ3) is 5.63. The van der Waals surface area contributed by atoms with E-state index in [2.05, 4.69) is 10.6 Å². The van der Waals surface area contributed by atoms with Crippen molar-refractivity contribution in [3.05, 3.63) is 84.7 Å². The lowest BCUT2D eigenvalue weighted by atomic mass is 10.1. The van der Waals surface area contributed by atoms with Gasteiger partial charge in [0.1, 0.15) is 5.00 Å². The van der Waals surface area contributed by atoms with Gasteiger partial charge in [-0.3, -0.25) is 19.7 Å². The van der Waals surface area contributed by atoms with Crippen LogP contribution < -0.4 is 10.6 Å². The van der Waals surface area contributed by atoms with Gasteiger partial charge in [0, 0.05) is 17.7 Å². The first-order valence-electron chi connectivity index (χ1n) is 9.79. The van der Waals surface area contributed by atoms with Crippen LogP contribution >= 0.6 is 22.9 Å². The summed E-state index contributed by atoms with van der Waals surface area (Å²) in [6, 6.07) is 7.05. The minimum atomic E-state index is -4.67. The van der Waals surface area contributed by atoms with E-state index >= 15 is 0 Å². The molecule has 0 aliphatic heterocycles. The van der Waals surface area contributed by atoms with Crippen molar-refractivity contribution in [3.8, 4) is 0 Å². The van der Waals surface area contributed by atoms with Crippen molar-refractivity contribution in [2.45, 2.75) is 13.1 Å². The molecule has 1 aromatic heterocycles. The fourth-order valence-electron chi connectivity index (χ4n) is 3.05. The van der Waals surface area contributed by atoms with Gasteiger partial charge in [-0.25, -0.2) is 4.79 Å². The maximum absolute atomic E-state index is 13.1. The Hall–Kier alpha value is -3.97. The zero-order valence-electron chi connectivity index (χ0n) is 18.4. The summed E-state index contributed by atoms with van der Waals surface area (Å²) in [5.74, 6) is -2.48. The summed E-state index contributed by atoms with van der Waals surface area (Å²) in [5, 5.41) is 15.3. The molecule has 2 N–H and O–H groups in total. The SMILES string of the molecule is COC(=O)c1c(NC(=O)c2ccc([N+](=O)[O-])cc2)sc(C(=O)Nc2cc(C(F)(F)F)ccc2Cl)c1C. The van der Waals surface area contributed by atoms with Crippen LogP contribution in [0.3, 0.4) is 0 Å². The highest BCUT2D eigenvalue weighted by Crippen LogP contribution is 2.37. The number of non-ortho nitro benzene ring substituents is 1. The maximum atomic E-state index is 13.1. The lowest BCUT2D eigenvalue weighted by Gasteiger charge is -2.11. The quantitative estimate of drug-likeness (QED) is 0.226. The second kappa shape index (κ2) is 10.3. The highest BCUT2D eigenvalue weighted by molar-refractivity contribution is 7.19. The van der Waals surface area contributed by atoms with Crippen LogP contribution in [0.2, 0.25) is 5.02 Å². The molecule has 0 aliphatic rings. The number of alkyl halides is 3. The van der Waals surface area contributed by atoms with Crippen LogP contribution in [0.1, 0.15) is 41.5 Å². The monoisotopic (exact) mass is 541 g/mol. The lowest BCUT2D eigenvalue weighted by Crippen LogP contribution is -2.15. The standard InChI is InChI=1S/C22H15ClF3N3O6S/c1-10-16(21(32)35-2)20(28-18(30)11-3-6-13(7-4-11)29(33)34)36-17(10)19(31)27-15-9-12(22(24,25)26)5-8-14(15)23/h3-9H,1-2H3,(H,27,31)(H,28,30). The summed E-state index contributed by atoms with van der Waals surface area (Å²) in [6.07, 6.45) is -4.67. The Balaban J connectivity index is 1.94. The molecule has 36 heavy (non-hydrogen) atoms. The van der Waals surface area contributed by atoms with Gasteiger partial charge in [-0.15, -0.1) is 11.3 Å². The maximum Gasteiger partial charge on any atom is 0.416 e. The van der Waals surface area contributed by atoms with Crippen molar-refractivity contribution in [1.82, 2.24) is 0 Å². The van der Waals surface area contributed by atoms with Crippen molar-refractivity contribution >= 4 is 57.1 Å². The molecular weight excluding hydrogens is 527 g/mol. The third-order valence-electron chi connectivity index (χ3n) is 4.85. The van der Waals surface area contributed by atoms with Crippen molar-refractivity contribution in [2.75, 3.05) is 17.7 Å². The summed E-state index contributed by atoms with van der Waals surface area (Å²) in [6.45, 7) is 1.40. The molecule has 2 aromatic carbocycles. The number of carbonyl (C=O) groups excluding carboxylic acids is 3. The third-order valence-corrected chi connectivity index (χ3v) is 6.39. The van der Waals surface area contributed by atoms with E-state index in [-0.39, 0.29) is 43.0 Å². The summed E-state index contributed by atoms with van der Waals surface area (Å²) in [7, 11) is 1.09. The van der Waals surface area contributed by atoms with Crippen LogP contribution in [0.4, 0.5) is 29.5 Å². The first-order chi connectivity index (χ1) is 16.8. The van der Waals surface area contributed by atoms with Gasteiger partial charge in [-0.05, 0) is 42.8 Å². The first-order valence-corrected chi connectivity index (χ1v) is 11.0. The number of hydrogen-bond acceptors (Lipinski definition) is 7. The van der Waals surface area contributed by atoms with Gasteiger partial charge in [0.2, 0.25) is 0 Å². The summed E-state index contributed by atoms with van der Waals surface area (Å²) in [4.78, 5) is 48.0. The molecule has 0 unspecified atom stereocenters. The Morgan fingerprint density at radius 1 is 1.06 bits per heavy atom. The molecule has 188 valence electrons. The van der Waals surface area contributed by atoms with Crippen LogP contribution in [-0.2, 0) is 10.9 Å². The Morgan fingerprint density at radius 3 is 2.25 bits per heavy atom. The molecule has 0 saturated carbocycles. The van der Waals surface area contributed by atoms with Crippen LogP contribution in [0.5, 0.6) is 0 Å². The number of hydrogen-bond donors (Lipinski definition) is 2. The van der Waals surface area contributed by atoms with Gasteiger partial charge in [-0.1, -0.05) is 11.6 Å². The molecular formula is C22H15ClF3N3O6S. The van der Waals surface area contributed by atoms with Gasteiger partial charge in [0.25, 0.3) is 17.5 Å². The van der Waals surface area contributed by atoms with Crippen molar-refractivity contribution in [2.24, 2.45) is 0 Å². The Kier molecular flexibility index (Phi) is 7.65. The molecule has 1 heterocycles. The van der Waals surface area contributed by atoms with Crippen LogP contribution in [0.15, 0.2) is 42.5 Å². The Bertz CT molecular complexity index is 1370. The van der Waals surface area contributed by atoms with E-state index in [1.165, 1.54) is 19.1 Å². The molecule has 0 saturated heterocycles. The number of esters is 1. The van der Waals surface area contributed by atoms with Crippen molar-refractivity contribution < 1.29 is 37.2 Å². The fourth-order valence-corrected chi connectivity index (χ4v) is 4.30. The van der Waals surface area contributed by atoms with E-state index in [0.717, 1.165) is 31.4 Å². The number of nitrogens with one attached hydrogen (secondary N) is 2. The number of nitro benzene ring substituents is 1. The molecule has 0 bridgehead atoms. The normalized spacial score (nSPS) is 11.1. The van der Waals surface area contributed by atoms with E-state index in [9.17, 15) is 37.7 Å². The summed E-state index contributed by atoms with van der Waals surface area (Å²) < 4.78 is 43.9. The zero-order chi connectivity index (χ0) is 26.8. The molecule has 0 aliphatic carbocycles. The minimum Gasteiger partial charge on any atom is -0.465 e. The molecule has 3 aromatic rings. The number of nitro groups is 1. The molecule has 0 spiro atoms. The number of benzene rings is 2. The van der Waals surface area contributed by atoms with Gasteiger partial charge < -0.3 is 15.4 Å². The van der Waals surface area contributed by atoms with Crippen LogP contribution in [0.25, 0.3) is 0 Å².